The van der Waals surface area contributed by atoms with Crippen molar-refractivity contribution in [2.24, 2.45) is 5.73 Å². The summed E-state index contributed by atoms with van der Waals surface area (Å²) in [6.07, 6.45) is -4.65. The Hall–Kier alpha value is -2.09. The molecule has 8 heteroatoms. The number of aromatic carboxylic acids is 1. The summed E-state index contributed by atoms with van der Waals surface area (Å²) < 4.78 is 37.2. The topological polar surface area (TPSA) is 92.4 Å². The van der Waals surface area contributed by atoms with Crippen LogP contribution in [0.25, 0.3) is 0 Å². The molecule has 1 rings (SSSR count). The third kappa shape index (κ3) is 3.20. The number of halogens is 3. The van der Waals surface area contributed by atoms with Crippen molar-refractivity contribution < 1.29 is 27.9 Å². The lowest BCUT2D eigenvalue weighted by Crippen LogP contribution is -2.23. The Kier molecular flexibility index (Phi) is 3.92. The number of anilines is 1. The lowest BCUT2D eigenvalue weighted by atomic mass is 10.1. The molecule has 0 atom stereocenters. The summed E-state index contributed by atoms with van der Waals surface area (Å²) in [6, 6.07) is 2.01. The number of benzene rings is 1. The van der Waals surface area contributed by atoms with Crippen LogP contribution in [0.1, 0.15) is 15.9 Å². The number of rotatable bonds is 3. The van der Waals surface area contributed by atoms with Crippen LogP contribution in [0.2, 0.25) is 0 Å². The summed E-state index contributed by atoms with van der Waals surface area (Å²) in [5.74, 6) is -2.27. The van der Waals surface area contributed by atoms with E-state index >= 15 is 0 Å². The molecule has 0 aliphatic heterocycles. The predicted octanol–water partition coefficient (Wildman–Crippen LogP) is 1.30. The van der Waals surface area contributed by atoms with Crippen molar-refractivity contribution in [2.75, 3.05) is 11.9 Å². The van der Waals surface area contributed by atoms with Gasteiger partial charge in [-0.2, -0.15) is 13.2 Å². The van der Waals surface area contributed by atoms with E-state index in [2.05, 4.69) is 5.32 Å². The molecule has 0 spiro atoms. The highest BCUT2D eigenvalue weighted by molar-refractivity contribution is 6.01. The van der Waals surface area contributed by atoms with Gasteiger partial charge in [0.15, 0.2) is 0 Å². The van der Waals surface area contributed by atoms with Gasteiger partial charge in [-0.15, -0.1) is 0 Å². The monoisotopic (exact) mass is 262 g/mol. The fourth-order valence-corrected chi connectivity index (χ4v) is 1.21. The Balaban J connectivity index is 3.21. The standard InChI is InChI=1S/C10H9F3N2O3/c11-10(12,13)5-1-2-7(15-8(16)4-14)6(3-5)9(17)18/h1-3H,4,14H2,(H,15,16)(H,17,18). The minimum Gasteiger partial charge on any atom is -0.478 e. The lowest BCUT2D eigenvalue weighted by molar-refractivity contribution is -0.137. The van der Waals surface area contributed by atoms with Gasteiger partial charge in [-0.1, -0.05) is 0 Å². The second-order valence-corrected chi connectivity index (χ2v) is 3.32. The third-order valence-electron chi connectivity index (χ3n) is 2.04. The van der Waals surface area contributed by atoms with Crippen LogP contribution >= 0.6 is 0 Å². The van der Waals surface area contributed by atoms with Crippen LogP contribution in [-0.4, -0.2) is 23.5 Å². The maximum atomic E-state index is 12.4. The van der Waals surface area contributed by atoms with Gasteiger partial charge in [-0.05, 0) is 18.2 Å². The van der Waals surface area contributed by atoms with Gasteiger partial charge in [-0.3, -0.25) is 4.79 Å². The van der Waals surface area contributed by atoms with E-state index in [1.54, 1.807) is 0 Å². The Morgan fingerprint density at radius 1 is 1.33 bits per heavy atom. The molecule has 0 saturated heterocycles. The van der Waals surface area contributed by atoms with E-state index in [1.807, 2.05) is 0 Å². The number of hydrogen-bond acceptors (Lipinski definition) is 3. The summed E-state index contributed by atoms with van der Waals surface area (Å²) in [4.78, 5) is 21.8. The van der Waals surface area contributed by atoms with Crippen LogP contribution in [0.4, 0.5) is 18.9 Å². The zero-order chi connectivity index (χ0) is 13.9. The van der Waals surface area contributed by atoms with E-state index in [-0.39, 0.29) is 5.69 Å². The fourth-order valence-electron chi connectivity index (χ4n) is 1.21. The normalized spacial score (nSPS) is 11.1. The molecule has 0 unspecified atom stereocenters. The average molecular weight is 262 g/mol. The van der Waals surface area contributed by atoms with Crippen LogP contribution in [0.3, 0.4) is 0 Å². The summed E-state index contributed by atoms with van der Waals surface area (Å²) in [5, 5.41) is 10.9. The smallest absolute Gasteiger partial charge is 0.416 e. The first-order chi connectivity index (χ1) is 8.25. The molecule has 0 bridgehead atoms. The van der Waals surface area contributed by atoms with Gasteiger partial charge in [0.05, 0.1) is 23.4 Å². The van der Waals surface area contributed by atoms with Crippen molar-refractivity contribution in [2.45, 2.75) is 6.18 Å². The SMILES string of the molecule is NCC(=O)Nc1ccc(C(F)(F)F)cc1C(=O)O. The number of carboxylic acid groups (broad SMARTS) is 1. The molecular weight excluding hydrogens is 253 g/mol. The highest BCUT2D eigenvalue weighted by atomic mass is 19.4. The van der Waals surface area contributed by atoms with Crippen molar-refractivity contribution in [3.8, 4) is 0 Å². The maximum absolute atomic E-state index is 12.4. The lowest BCUT2D eigenvalue weighted by Gasteiger charge is -2.11. The first-order valence-corrected chi connectivity index (χ1v) is 4.70. The first-order valence-electron chi connectivity index (χ1n) is 4.70. The highest BCUT2D eigenvalue weighted by Gasteiger charge is 2.31. The maximum Gasteiger partial charge on any atom is 0.416 e. The van der Waals surface area contributed by atoms with E-state index in [4.69, 9.17) is 10.8 Å². The van der Waals surface area contributed by atoms with E-state index in [0.29, 0.717) is 12.1 Å². The molecule has 0 fully saturated rings. The zero-order valence-corrected chi connectivity index (χ0v) is 8.91. The molecule has 0 radical (unpaired) electrons. The molecule has 0 saturated carbocycles. The number of alkyl halides is 3. The van der Waals surface area contributed by atoms with Gasteiger partial charge in [0.2, 0.25) is 5.91 Å². The molecule has 0 aliphatic carbocycles. The zero-order valence-electron chi connectivity index (χ0n) is 8.91. The molecule has 4 N–H and O–H groups in total. The quantitative estimate of drug-likeness (QED) is 0.765. The number of amides is 1. The Bertz CT molecular complexity index is 486. The van der Waals surface area contributed by atoms with Crippen LogP contribution < -0.4 is 11.1 Å². The van der Waals surface area contributed by atoms with E-state index in [9.17, 15) is 22.8 Å². The van der Waals surface area contributed by atoms with Crippen molar-refractivity contribution in [3.05, 3.63) is 29.3 Å². The van der Waals surface area contributed by atoms with E-state index < -0.39 is 35.7 Å². The fraction of sp³-hybridized carbons (Fsp3) is 0.200. The Labute approximate surface area is 99.4 Å². The van der Waals surface area contributed by atoms with E-state index in [1.165, 1.54) is 0 Å². The predicted molar refractivity (Wildman–Crippen MR) is 56.1 cm³/mol. The average Bonchev–Trinajstić information content (AvgIpc) is 2.27. The van der Waals surface area contributed by atoms with Gasteiger partial charge in [0.1, 0.15) is 0 Å². The molecule has 0 aliphatic rings. The molecule has 98 valence electrons. The molecular formula is C10H9F3N2O3. The Morgan fingerprint density at radius 2 is 1.94 bits per heavy atom. The number of carboxylic acids is 1. The largest absolute Gasteiger partial charge is 0.478 e. The molecule has 1 amide bonds. The third-order valence-corrected chi connectivity index (χ3v) is 2.04. The minimum absolute atomic E-state index is 0.231. The number of hydrogen-bond donors (Lipinski definition) is 3. The molecule has 0 heterocycles. The highest BCUT2D eigenvalue weighted by Crippen LogP contribution is 2.31. The second kappa shape index (κ2) is 5.05. The summed E-state index contributed by atoms with van der Waals surface area (Å²) in [6.45, 7) is -0.403. The molecule has 5 nitrogen and oxygen atoms in total. The van der Waals surface area contributed by atoms with Gasteiger partial charge < -0.3 is 16.2 Å². The number of carbonyl (C=O) groups excluding carboxylic acids is 1. The number of carbonyl (C=O) groups is 2. The summed E-state index contributed by atoms with van der Waals surface area (Å²) in [7, 11) is 0. The number of nitrogens with two attached hydrogens (primary N) is 1. The van der Waals surface area contributed by atoms with Crippen LogP contribution in [0.15, 0.2) is 18.2 Å². The van der Waals surface area contributed by atoms with Gasteiger partial charge >= 0.3 is 12.1 Å². The van der Waals surface area contributed by atoms with Gasteiger partial charge in [-0.25, -0.2) is 4.79 Å². The Morgan fingerprint density at radius 3 is 2.39 bits per heavy atom. The minimum atomic E-state index is -4.65. The summed E-state index contributed by atoms with van der Waals surface area (Å²) in [5.41, 5.74) is 3.02. The molecule has 18 heavy (non-hydrogen) atoms. The van der Waals surface area contributed by atoms with Crippen molar-refractivity contribution in [3.63, 3.8) is 0 Å². The second-order valence-electron chi connectivity index (χ2n) is 3.32. The van der Waals surface area contributed by atoms with Crippen molar-refractivity contribution in [1.29, 1.82) is 0 Å². The van der Waals surface area contributed by atoms with Crippen molar-refractivity contribution >= 4 is 17.6 Å². The van der Waals surface area contributed by atoms with Crippen LogP contribution in [-0.2, 0) is 11.0 Å². The summed E-state index contributed by atoms with van der Waals surface area (Å²) >= 11 is 0. The van der Waals surface area contributed by atoms with Gasteiger partial charge in [0.25, 0.3) is 0 Å². The number of nitrogens with one attached hydrogen (secondary N) is 1. The molecule has 1 aromatic rings. The van der Waals surface area contributed by atoms with Crippen LogP contribution in [0, 0.1) is 0 Å². The van der Waals surface area contributed by atoms with Crippen LogP contribution in [0.5, 0.6) is 0 Å². The first kappa shape index (κ1) is 14.0. The van der Waals surface area contributed by atoms with Gasteiger partial charge in [0, 0.05) is 0 Å². The molecule has 1 aromatic carbocycles. The van der Waals surface area contributed by atoms with Crippen molar-refractivity contribution in [1.82, 2.24) is 0 Å². The molecule has 0 aromatic heterocycles. The van der Waals surface area contributed by atoms with E-state index in [0.717, 1.165) is 6.07 Å².